The van der Waals surface area contributed by atoms with Crippen molar-refractivity contribution in [1.82, 2.24) is 15.0 Å². The van der Waals surface area contributed by atoms with E-state index in [2.05, 4.69) is 22.0 Å². The van der Waals surface area contributed by atoms with Crippen LogP contribution < -0.4 is 0 Å². The lowest BCUT2D eigenvalue weighted by Gasteiger charge is -2.24. The zero-order valence-electron chi connectivity index (χ0n) is 11.0. The van der Waals surface area contributed by atoms with E-state index in [1.54, 1.807) is 13.0 Å². The highest BCUT2D eigenvalue weighted by atomic mass is 35.5. The second kappa shape index (κ2) is 5.90. The number of halogens is 2. The summed E-state index contributed by atoms with van der Waals surface area (Å²) < 4.78 is 5.11. The Morgan fingerprint density at radius 3 is 2.68 bits per heavy atom. The summed E-state index contributed by atoms with van der Waals surface area (Å²) in [6.45, 7) is 4.44. The number of hydrogen-bond donors (Lipinski definition) is 0. The van der Waals surface area contributed by atoms with E-state index in [0.29, 0.717) is 28.3 Å². The van der Waals surface area contributed by atoms with E-state index in [-0.39, 0.29) is 6.04 Å². The van der Waals surface area contributed by atoms with E-state index in [1.807, 2.05) is 19.2 Å². The van der Waals surface area contributed by atoms with Gasteiger partial charge >= 0.3 is 0 Å². The van der Waals surface area contributed by atoms with Crippen LogP contribution in [0.3, 0.4) is 0 Å². The molecule has 0 aliphatic carbocycles. The maximum Gasteiger partial charge on any atom is 0.240 e. The van der Waals surface area contributed by atoms with Crippen LogP contribution in [-0.4, -0.2) is 22.1 Å². The maximum absolute atomic E-state index is 6.21. The number of hydrogen-bond acceptors (Lipinski definition) is 4. The van der Waals surface area contributed by atoms with Crippen LogP contribution in [0.15, 0.2) is 22.7 Å². The average Bonchev–Trinajstić information content (AvgIpc) is 2.74. The van der Waals surface area contributed by atoms with Crippen molar-refractivity contribution in [3.8, 4) is 0 Å². The van der Waals surface area contributed by atoms with Crippen molar-refractivity contribution in [3.63, 3.8) is 0 Å². The van der Waals surface area contributed by atoms with Crippen LogP contribution in [-0.2, 0) is 6.54 Å². The van der Waals surface area contributed by atoms with E-state index in [9.17, 15) is 0 Å². The van der Waals surface area contributed by atoms with Gasteiger partial charge in [-0.2, -0.15) is 4.98 Å². The van der Waals surface area contributed by atoms with Crippen LogP contribution in [0.5, 0.6) is 0 Å². The van der Waals surface area contributed by atoms with Gasteiger partial charge in [-0.15, -0.1) is 0 Å². The molecule has 1 atom stereocenters. The summed E-state index contributed by atoms with van der Waals surface area (Å²) >= 11 is 12.1. The molecule has 0 fully saturated rings. The van der Waals surface area contributed by atoms with Gasteiger partial charge in [0.2, 0.25) is 5.89 Å². The minimum absolute atomic E-state index is 0.122. The second-order valence-electron chi connectivity index (χ2n) is 4.49. The van der Waals surface area contributed by atoms with Crippen molar-refractivity contribution >= 4 is 23.2 Å². The van der Waals surface area contributed by atoms with Gasteiger partial charge < -0.3 is 4.52 Å². The van der Waals surface area contributed by atoms with Gasteiger partial charge in [0.15, 0.2) is 5.82 Å². The lowest BCUT2D eigenvalue weighted by atomic mass is 10.1. The third-order valence-electron chi connectivity index (χ3n) is 3.03. The highest BCUT2D eigenvalue weighted by Crippen LogP contribution is 2.29. The van der Waals surface area contributed by atoms with Gasteiger partial charge in [0.25, 0.3) is 0 Å². The lowest BCUT2D eigenvalue weighted by Crippen LogP contribution is -2.22. The molecule has 0 bridgehead atoms. The first-order chi connectivity index (χ1) is 8.97. The molecule has 0 aliphatic heterocycles. The minimum Gasteiger partial charge on any atom is -0.338 e. The lowest BCUT2D eigenvalue weighted by molar-refractivity contribution is 0.216. The molecule has 4 nitrogen and oxygen atoms in total. The molecule has 0 N–H and O–H groups in total. The molecule has 0 radical (unpaired) electrons. The Morgan fingerprint density at radius 1 is 1.37 bits per heavy atom. The fraction of sp³-hybridized carbons (Fsp3) is 0.385. The summed E-state index contributed by atoms with van der Waals surface area (Å²) in [5, 5.41) is 5.07. The minimum atomic E-state index is 0.122. The van der Waals surface area contributed by atoms with Gasteiger partial charge in [-0.05, 0) is 38.6 Å². The zero-order chi connectivity index (χ0) is 14.0. The molecule has 0 saturated heterocycles. The van der Waals surface area contributed by atoms with E-state index in [4.69, 9.17) is 27.7 Å². The number of aromatic nitrogens is 2. The summed E-state index contributed by atoms with van der Waals surface area (Å²) in [6.07, 6.45) is 0. The Morgan fingerprint density at radius 2 is 2.11 bits per heavy atom. The van der Waals surface area contributed by atoms with E-state index >= 15 is 0 Å². The molecule has 0 spiro atoms. The van der Waals surface area contributed by atoms with Crippen molar-refractivity contribution in [1.29, 1.82) is 0 Å². The first-order valence-electron chi connectivity index (χ1n) is 5.91. The zero-order valence-corrected chi connectivity index (χ0v) is 12.5. The molecule has 0 saturated carbocycles. The Hall–Kier alpha value is -1.10. The van der Waals surface area contributed by atoms with Crippen molar-refractivity contribution in [2.24, 2.45) is 0 Å². The third-order valence-corrected chi connectivity index (χ3v) is 3.59. The van der Waals surface area contributed by atoms with E-state index in [1.165, 1.54) is 0 Å². The molecule has 0 aliphatic rings. The summed E-state index contributed by atoms with van der Waals surface area (Å²) in [5.41, 5.74) is 1.02. The molecule has 102 valence electrons. The van der Waals surface area contributed by atoms with Crippen molar-refractivity contribution in [2.45, 2.75) is 26.4 Å². The maximum atomic E-state index is 6.21. The molecule has 1 unspecified atom stereocenters. The van der Waals surface area contributed by atoms with E-state index in [0.717, 1.165) is 5.56 Å². The average molecular weight is 300 g/mol. The summed E-state index contributed by atoms with van der Waals surface area (Å²) in [5.74, 6) is 1.23. The van der Waals surface area contributed by atoms with E-state index < -0.39 is 0 Å². The van der Waals surface area contributed by atoms with Crippen LogP contribution in [0.4, 0.5) is 0 Å². The normalized spacial score (nSPS) is 12.9. The second-order valence-corrected chi connectivity index (χ2v) is 5.34. The number of nitrogens with zero attached hydrogens (tertiary/aromatic N) is 3. The molecule has 2 rings (SSSR count). The van der Waals surface area contributed by atoms with Crippen molar-refractivity contribution < 1.29 is 4.52 Å². The fourth-order valence-electron chi connectivity index (χ4n) is 1.83. The van der Waals surface area contributed by atoms with Gasteiger partial charge in [0.05, 0.1) is 6.54 Å². The Balaban J connectivity index is 2.12. The van der Waals surface area contributed by atoms with Gasteiger partial charge in [-0.25, -0.2) is 0 Å². The van der Waals surface area contributed by atoms with Crippen LogP contribution >= 0.6 is 23.2 Å². The van der Waals surface area contributed by atoms with Gasteiger partial charge in [-0.1, -0.05) is 34.4 Å². The summed E-state index contributed by atoms with van der Waals surface area (Å²) in [7, 11) is 1.98. The van der Waals surface area contributed by atoms with Crippen LogP contribution in [0.25, 0.3) is 0 Å². The Kier molecular flexibility index (Phi) is 4.45. The molecule has 1 aromatic carbocycles. The summed E-state index contributed by atoms with van der Waals surface area (Å²) in [4.78, 5) is 6.28. The fourth-order valence-corrected chi connectivity index (χ4v) is 2.40. The number of benzene rings is 1. The molecule has 19 heavy (non-hydrogen) atoms. The highest BCUT2D eigenvalue weighted by Gasteiger charge is 2.17. The monoisotopic (exact) mass is 299 g/mol. The molecule has 2 aromatic rings. The van der Waals surface area contributed by atoms with Crippen molar-refractivity contribution in [3.05, 3.63) is 45.5 Å². The first kappa shape index (κ1) is 14.3. The first-order valence-corrected chi connectivity index (χ1v) is 6.67. The molecule has 1 heterocycles. The van der Waals surface area contributed by atoms with Crippen LogP contribution in [0.2, 0.25) is 10.0 Å². The molecule has 1 aromatic heterocycles. The SMILES string of the molecule is Cc1noc(CN(C)C(C)c2ccc(Cl)cc2Cl)n1. The van der Waals surface area contributed by atoms with Gasteiger partial charge in [0, 0.05) is 16.1 Å². The Labute approximate surface area is 122 Å². The molecular formula is C13H15Cl2N3O. The Bertz CT molecular complexity index is 571. The molecule has 6 heteroatoms. The molecule has 0 amide bonds. The standard InChI is InChI=1S/C13H15Cl2N3O/c1-8(11-5-4-10(14)6-12(11)15)18(3)7-13-16-9(2)17-19-13/h4-6,8H,7H2,1-3H3. The number of aryl methyl sites for hydroxylation is 1. The highest BCUT2D eigenvalue weighted by molar-refractivity contribution is 6.35. The third kappa shape index (κ3) is 3.47. The van der Waals surface area contributed by atoms with Gasteiger partial charge in [-0.3, -0.25) is 4.90 Å². The molecular weight excluding hydrogens is 285 g/mol. The summed E-state index contributed by atoms with van der Waals surface area (Å²) in [6, 6.07) is 5.64. The predicted molar refractivity (Wildman–Crippen MR) is 75.4 cm³/mol. The quantitative estimate of drug-likeness (QED) is 0.859. The predicted octanol–water partition coefficient (Wildman–Crippen LogP) is 3.88. The van der Waals surface area contributed by atoms with Gasteiger partial charge in [0.1, 0.15) is 0 Å². The van der Waals surface area contributed by atoms with Crippen LogP contribution in [0, 0.1) is 6.92 Å². The van der Waals surface area contributed by atoms with Crippen LogP contribution in [0.1, 0.15) is 30.2 Å². The largest absolute Gasteiger partial charge is 0.338 e. The topological polar surface area (TPSA) is 42.2 Å². The van der Waals surface area contributed by atoms with Crippen molar-refractivity contribution in [2.75, 3.05) is 7.05 Å². The smallest absolute Gasteiger partial charge is 0.240 e. The number of rotatable bonds is 4.